The molecular formula is C20H25NO2. The maximum atomic E-state index is 10.8. The van der Waals surface area contributed by atoms with E-state index in [-0.39, 0.29) is 0 Å². The van der Waals surface area contributed by atoms with Crippen LogP contribution < -0.4 is 5.32 Å². The predicted molar refractivity (Wildman–Crippen MR) is 95.1 cm³/mol. The van der Waals surface area contributed by atoms with Crippen LogP contribution in [0.15, 0.2) is 54.6 Å². The van der Waals surface area contributed by atoms with Crippen LogP contribution in [0, 0.1) is 0 Å². The molecule has 0 saturated heterocycles. The smallest absolute Gasteiger partial charge is 0.335 e. The zero-order chi connectivity index (χ0) is 16.3. The van der Waals surface area contributed by atoms with Crippen LogP contribution in [0.5, 0.6) is 0 Å². The number of aromatic carboxylic acids is 1. The van der Waals surface area contributed by atoms with Crippen molar-refractivity contribution >= 4 is 11.7 Å². The molecule has 0 atom stereocenters. The van der Waals surface area contributed by atoms with Crippen LogP contribution >= 0.6 is 0 Å². The molecular weight excluding hydrogens is 286 g/mol. The minimum Gasteiger partial charge on any atom is -0.478 e. The first kappa shape index (κ1) is 17.1. The summed E-state index contributed by atoms with van der Waals surface area (Å²) in [5.41, 5.74) is 2.74. The lowest BCUT2D eigenvalue weighted by Crippen LogP contribution is -2.02. The summed E-state index contributed by atoms with van der Waals surface area (Å²) in [4.78, 5) is 10.8. The Balaban J connectivity index is 1.50. The number of rotatable bonds is 10. The summed E-state index contributed by atoms with van der Waals surface area (Å²) >= 11 is 0. The van der Waals surface area contributed by atoms with Crippen LogP contribution in [-0.4, -0.2) is 17.6 Å². The van der Waals surface area contributed by atoms with Crippen LogP contribution in [0.25, 0.3) is 0 Å². The molecule has 0 bridgehead atoms. The lowest BCUT2D eigenvalue weighted by molar-refractivity contribution is 0.0697. The maximum Gasteiger partial charge on any atom is 0.335 e. The molecule has 0 aliphatic heterocycles. The highest BCUT2D eigenvalue weighted by Gasteiger charge is 2.01. The summed E-state index contributed by atoms with van der Waals surface area (Å²) in [5, 5.41) is 12.2. The fourth-order valence-corrected chi connectivity index (χ4v) is 2.59. The molecule has 122 valence electrons. The van der Waals surface area contributed by atoms with Crippen molar-refractivity contribution in [2.45, 2.75) is 38.5 Å². The van der Waals surface area contributed by atoms with Crippen molar-refractivity contribution in [2.75, 3.05) is 11.9 Å². The van der Waals surface area contributed by atoms with Crippen molar-refractivity contribution < 1.29 is 9.90 Å². The van der Waals surface area contributed by atoms with Crippen LogP contribution in [-0.2, 0) is 6.42 Å². The molecule has 2 rings (SSSR count). The molecule has 0 amide bonds. The molecule has 0 fully saturated rings. The number of anilines is 1. The summed E-state index contributed by atoms with van der Waals surface area (Å²) in [6, 6.07) is 17.6. The van der Waals surface area contributed by atoms with Crippen molar-refractivity contribution in [3.8, 4) is 0 Å². The third-order valence-corrected chi connectivity index (χ3v) is 3.95. The fraction of sp³-hybridized carbons (Fsp3) is 0.350. The van der Waals surface area contributed by atoms with Crippen LogP contribution in [0.3, 0.4) is 0 Å². The van der Waals surface area contributed by atoms with E-state index in [1.54, 1.807) is 12.1 Å². The van der Waals surface area contributed by atoms with E-state index >= 15 is 0 Å². The standard InChI is InChI=1S/C20H25NO2/c22-20(23)18-12-14-19(15-13-18)21-16-8-3-1-2-5-9-17-10-6-4-7-11-17/h4,6-7,10-15,21H,1-3,5,8-9,16H2,(H,22,23). The Bertz CT molecular complexity index is 578. The Hall–Kier alpha value is -2.29. The highest BCUT2D eigenvalue weighted by molar-refractivity contribution is 5.87. The van der Waals surface area contributed by atoms with Gasteiger partial charge in [-0.2, -0.15) is 0 Å². The first-order chi connectivity index (χ1) is 11.3. The average Bonchev–Trinajstić information content (AvgIpc) is 2.58. The van der Waals surface area contributed by atoms with Crippen molar-refractivity contribution in [1.82, 2.24) is 0 Å². The molecule has 0 aromatic heterocycles. The average molecular weight is 311 g/mol. The Morgan fingerprint density at radius 2 is 1.48 bits per heavy atom. The number of unbranched alkanes of at least 4 members (excludes halogenated alkanes) is 4. The molecule has 0 radical (unpaired) electrons. The van der Waals surface area contributed by atoms with Gasteiger partial charge in [0.2, 0.25) is 0 Å². The third kappa shape index (κ3) is 6.55. The monoisotopic (exact) mass is 311 g/mol. The van der Waals surface area contributed by atoms with Gasteiger partial charge >= 0.3 is 5.97 Å². The number of aryl methyl sites for hydroxylation is 1. The summed E-state index contributed by atoms with van der Waals surface area (Å²) in [5.74, 6) is -0.882. The van der Waals surface area contributed by atoms with E-state index in [4.69, 9.17) is 5.11 Å². The Morgan fingerprint density at radius 1 is 0.826 bits per heavy atom. The second-order valence-electron chi connectivity index (χ2n) is 5.81. The molecule has 2 aromatic rings. The van der Waals surface area contributed by atoms with E-state index in [2.05, 4.69) is 35.6 Å². The van der Waals surface area contributed by atoms with E-state index in [1.807, 2.05) is 12.1 Å². The van der Waals surface area contributed by atoms with Gasteiger partial charge in [-0.3, -0.25) is 0 Å². The van der Waals surface area contributed by atoms with Gasteiger partial charge in [0.25, 0.3) is 0 Å². The molecule has 0 unspecified atom stereocenters. The van der Waals surface area contributed by atoms with E-state index in [1.165, 1.54) is 37.7 Å². The van der Waals surface area contributed by atoms with Gasteiger partial charge < -0.3 is 10.4 Å². The van der Waals surface area contributed by atoms with Crippen LogP contribution in [0.2, 0.25) is 0 Å². The Morgan fingerprint density at radius 3 is 2.17 bits per heavy atom. The number of carboxylic acids is 1. The normalized spacial score (nSPS) is 10.4. The number of hydrogen-bond acceptors (Lipinski definition) is 2. The minimum atomic E-state index is -0.882. The van der Waals surface area contributed by atoms with Crippen molar-refractivity contribution in [1.29, 1.82) is 0 Å². The SMILES string of the molecule is O=C(O)c1ccc(NCCCCCCCc2ccccc2)cc1. The first-order valence-electron chi connectivity index (χ1n) is 8.37. The number of benzene rings is 2. The quantitative estimate of drug-likeness (QED) is 0.608. The zero-order valence-corrected chi connectivity index (χ0v) is 13.5. The van der Waals surface area contributed by atoms with Gasteiger partial charge in [-0.25, -0.2) is 4.79 Å². The molecule has 0 aliphatic rings. The maximum absolute atomic E-state index is 10.8. The van der Waals surface area contributed by atoms with E-state index in [9.17, 15) is 4.79 Å². The summed E-state index contributed by atoms with van der Waals surface area (Å²) in [6.07, 6.45) is 7.36. The van der Waals surface area contributed by atoms with Gasteiger partial charge in [0.05, 0.1) is 5.56 Å². The predicted octanol–water partition coefficient (Wildman–Crippen LogP) is 4.99. The number of carboxylic acid groups (broad SMARTS) is 1. The highest BCUT2D eigenvalue weighted by atomic mass is 16.4. The molecule has 3 nitrogen and oxygen atoms in total. The third-order valence-electron chi connectivity index (χ3n) is 3.95. The minimum absolute atomic E-state index is 0.328. The van der Waals surface area contributed by atoms with Gasteiger partial charge in [0, 0.05) is 12.2 Å². The van der Waals surface area contributed by atoms with Crippen molar-refractivity contribution in [2.24, 2.45) is 0 Å². The number of carbonyl (C=O) groups is 1. The Labute approximate surface area is 138 Å². The van der Waals surface area contributed by atoms with E-state index in [0.717, 1.165) is 18.7 Å². The lowest BCUT2D eigenvalue weighted by atomic mass is 10.1. The fourth-order valence-electron chi connectivity index (χ4n) is 2.59. The van der Waals surface area contributed by atoms with Gasteiger partial charge in [-0.05, 0) is 49.1 Å². The van der Waals surface area contributed by atoms with Gasteiger partial charge in [-0.1, -0.05) is 49.6 Å². The summed E-state index contributed by atoms with van der Waals surface area (Å²) in [6.45, 7) is 0.936. The Kier molecular flexibility index (Phi) is 7.18. The van der Waals surface area contributed by atoms with Gasteiger partial charge in [-0.15, -0.1) is 0 Å². The van der Waals surface area contributed by atoms with Crippen LogP contribution in [0.4, 0.5) is 5.69 Å². The second kappa shape index (κ2) is 9.67. The van der Waals surface area contributed by atoms with Crippen molar-refractivity contribution in [3.63, 3.8) is 0 Å². The molecule has 0 heterocycles. The summed E-state index contributed by atoms with van der Waals surface area (Å²) < 4.78 is 0. The van der Waals surface area contributed by atoms with E-state index < -0.39 is 5.97 Å². The molecule has 2 N–H and O–H groups in total. The van der Waals surface area contributed by atoms with Gasteiger partial charge in [0.15, 0.2) is 0 Å². The van der Waals surface area contributed by atoms with Gasteiger partial charge in [0.1, 0.15) is 0 Å². The molecule has 0 saturated carbocycles. The number of nitrogens with one attached hydrogen (secondary N) is 1. The van der Waals surface area contributed by atoms with E-state index in [0.29, 0.717) is 5.56 Å². The lowest BCUT2D eigenvalue weighted by Gasteiger charge is -2.07. The molecule has 23 heavy (non-hydrogen) atoms. The first-order valence-corrected chi connectivity index (χ1v) is 8.37. The van der Waals surface area contributed by atoms with Crippen molar-refractivity contribution in [3.05, 3.63) is 65.7 Å². The van der Waals surface area contributed by atoms with Crippen LogP contribution in [0.1, 0.15) is 48.0 Å². The largest absolute Gasteiger partial charge is 0.478 e. The molecule has 2 aromatic carbocycles. The molecule has 0 aliphatic carbocycles. The molecule has 3 heteroatoms. The molecule has 0 spiro atoms. The topological polar surface area (TPSA) is 49.3 Å². The second-order valence-corrected chi connectivity index (χ2v) is 5.81. The summed E-state index contributed by atoms with van der Waals surface area (Å²) in [7, 11) is 0. The zero-order valence-electron chi connectivity index (χ0n) is 13.5. The number of hydrogen-bond donors (Lipinski definition) is 2. The highest BCUT2D eigenvalue weighted by Crippen LogP contribution is 2.11.